The summed E-state index contributed by atoms with van der Waals surface area (Å²) in [7, 11) is -3.19. The molecule has 1 aliphatic carbocycles. The van der Waals surface area contributed by atoms with Gasteiger partial charge in [-0.25, -0.2) is 8.42 Å². The van der Waals surface area contributed by atoms with Crippen molar-refractivity contribution < 1.29 is 13.6 Å². The van der Waals surface area contributed by atoms with Crippen LogP contribution in [0.25, 0.3) is 11.1 Å². The second kappa shape index (κ2) is 5.42. The molecular weight excluding hydrogens is 298 g/mol. The van der Waals surface area contributed by atoms with Crippen molar-refractivity contribution in [2.45, 2.75) is 11.3 Å². The van der Waals surface area contributed by atoms with Crippen molar-refractivity contribution in [3.8, 4) is 0 Å². The van der Waals surface area contributed by atoms with Gasteiger partial charge in [0.15, 0.2) is 9.84 Å². The quantitative estimate of drug-likeness (QED) is 0.699. The van der Waals surface area contributed by atoms with Gasteiger partial charge in [0.25, 0.3) is 0 Å². The highest BCUT2D eigenvalue weighted by Gasteiger charge is 2.28. The smallest absolute Gasteiger partial charge is 0.175 e. The van der Waals surface area contributed by atoms with Crippen LogP contribution in [0.15, 0.2) is 64.6 Å². The predicted octanol–water partition coefficient (Wildman–Crippen LogP) is 3.23. The fraction of sp³-hybridized carbons (Fsp3) is 0.118. The molecule has 3 rings (SSSR count). The summed E-state index contributed by atoms with van der Waals surface area (Å²) in [4.78, 5) is 0.300. The largest absolute Gasteiger partial charge is 0.411 e. The lowest BCUT2D eigenvalue weighted by Crippen LogP contribution is -2.16. The average molecular weight is 313 g/mol. The second-order valence-electron chi connectivity index (χ2n) is 5.24. The first kappa shape index (κ1) is 14.5. The van der Waals surface area contributed by atoms with Crippen LogP contribution in [0.1, 0.15) is 17.5 Å². The van der Waals surface area contributed by atoms with Crippen LogP contribution in [0.4, 0.5) is 0 Å². The average Bonchev–Trinajstić information content (AvgIpc) is 2.47. The summed E-state index contributed by atoms with van der Waals surface area (Å²) < 4.78 is 23.0. The summed E-state index contributed by atoms with van der Waals surface area (Å²) in [6.45, 7) is 0. The van der Waals surface area contributed by atoms with Gasteiger partial charge >= 0.3 is 0 Å². The number of hydrogen-bond acceptors (Lipinski definition) is 4. The minimum absolute atomic E-state index is 0.300. The molecule has 1 aliphatic rings. The molecule has 0 aliphatic heterocycles. The summed E-state index contributed by atoms with van der Waals surface area (Å²) in [5, 5.41) is 12.5. The Morgan fingerprint density at radius 1 is 0.955 bits per heavy atom. The van der Waals surface area contributed by atoms with Crippen LogP contribution in [0.5, 0.6) is 0 Å². The van der Waals surface area contributed by atoms with Gasteiger partial charge < -0.3 is 5.21 Å². The number of allylic oxidation sites excluding steroid dienone is 2. The van der Waals surface area contributed by atoms with E-state index in [1.54, 1.807) is 24.3 Å². The zero-order valence-corrected chi connectivity index (χ0v) is 12.8. The molecule has 2 aromatic rings. The van der Waals surface area contributed by atoms with Gasteiger partial charge in [0.05, 0.1) is 10.6 Å². The first-order valence-corrected chi connectivity index (χ1v) is 8.70. The Bertz CT molecular complexity index is 864. The highest BCUT2D eigenvalue weighted by Crippen LogP contribution is 2.40. The minimum Gasteiger partial charge on any atom is -0.411 e. The molecule has 0 spiro atoms. The molecule has 0 heterocycles. The molecule has 0 radical (unpaired) electrons. The van der Waals surface area contributed by atoms with Gasteiger partial charge in [-0.05, 0) is 28.8 Å². The standard InChI is InChI=1S/C17H15NO3S/c1-22(20,21)14-9-7-12(8-10-14)15-11-16(18-19)17(15)13-5-3-2-4-6-13/h2-10,19H,11H2,1H3/b18-16+. The third-order valence-corrected chi connectivity index (χ3v) is 4.88. The molecule has 0 saturated heterocycles. The van der Waals surface area contributed by atoms with Gasteiger partial charge in [-0.3, -0.25) is 0 Å². The molecule has 0 fully saturated rings. The lowest BCUT2D eigenvalue weighted by molar-refractivity contribution is 0.318. The molecule has 1 N–H and O–H groups in total. The summed E-state index contributed by atoms with van der Waals surface area (Å²) in [5.74, 6) is 0. The van der Waals surface area contributed by atoms with Crippen molar-refractivity contribution in [1.29, 1.82) is 0 Å². The van der Waals surface area contributed by atoms with Crippen LogP contribution >= 0.6 is 0 Å². The Hall–Kier alpha value is -2.40. The first-order valence-electron chi connectivity index (χ1n) is 6.81. The number of sulfone groups is 1. The van der Waals surface area contributed by atoms with E-state index in [2.05, 4.69) is 5.16 Å². The van der Waals surface area contributed by atoms with Crippen molar-refractivity contribution in [3.05, 3.63) is 65.7 Å². The Labute approximate surface area is 129 Å². The van der Waals surface area contributed by atoms with Gasteiger partial charge in [-0.2, -0.15) is 0 Å². The topological polar surface area (TPSA) is 66.7 Å². The maximum absolute atomic E-state index is 11.5. The summed E-state index contributed by atoms with van der Waals surface area (Å²) >= 11 is 0. The monoisotopic (exact) mass is 313 g/mol. The molecule has 5 heteroatoms. The third kappa shape index (κ3) is 2.55. The molecule has 22 heavy (non-hydrogen) atoms. The summed E-state index contributed by atoms with van der Waals surface area (Å²) in [5.41, 5.74) is 4.55. The number of hydrogen-bond donors (Lipinski definition) is 1. The zero-order chi connectivity index (χ0) is 15.7. The Balaban J connectivity index is 2.07. The Morgan fingerprint density at radius 3 is 2.14 bits per heavy atom. The lowest BCUT2D eigenvalue weighted by Gasteiger charge is -2.26. The molecule has 112 valence electrons. The van der Waals surface area contributed by atoms with Gasteiger partial charge in [-0.1, -0.05) is 47.6 Å². The lowest BCUT2D eigenvalue weighted by atomic mass is 9.78. The van der Waals surface area contributed by atoms with Gasteiger partial charge in [0.2, 0.25) is 0 Å². The SMILES string of the molecule is CS(=O)(=O)c1ccc(C2=C(c3ccccc3)/C(=N/O)C2)cc1. The van der Waals surface area contributed by atoms with Crippen molar-refractivity contribution in [3.63, 3.8) is 0 Å². The third-order valence-electron chi connectivity index (χ3n) is 3.75. The summed E-state index contributed by atoms with van der Waals surface area (Å²) in [6.07, 6.45) is 1.76. The summed E-state index contributed by atoms with van der Waals surface area (Å²) in [6, 6.07) is 16.5. The van der Waals surface area contributed by atoms with Gasteiger partial charge in [0, 0.05) is 18.2 Å². The fourth-order valence-corrected chi connectivity index (χ4v) is 3.22. The van der Waals surface area contributed by atoms with Gasteiger partial charge in [0.1, 0.15) is 0 Å². The fourth-order valence-electron chi connectivity index (χ4n) is 2.59. The first-order chi connectivity index (χ1) is 10.5. The molecule has 0 saturated carbocycles. The van der Waals surface area contributed by atoms with Crippen LogP contribution in [-0.2, 0) is 9.84 Å². The Morgan fingerprint density at radius 2 is 1.59 bits per heavy atom. The van der Waals surface area contributed by atoms with E-state index in [-0.39, 0.29) is 0 Å². The van der Waals surface area contributed by atoms with Crippen LogP contribution < -0.4 is 0 Å². The van der Waals surface area contributed by atoms with Crippen LogP contribution in [0, 0.1) is 0 Å². The van der Waals surface area contributed by atoms with E-state index in [1.807, 2.05) is 30.3 Å². The van der Waals surface area contributed by atoms with Crippen LogP contribution in [-0.4, -0.2) is 25.6 Å². The van der Waals surface area contributed by atoms with E-state index >= 15 is 0 Å². The van der Waals surface area contributed by atoms with E-state index in [0.29, 0.717) is 17.0 Å². The normalized spacial score (nSPS) is 16.7. The molecule has 0 aromatic heterocycles. The van der Waals surface area contributed by atoms with Crippen LogP contribution in [0.2, 0.25) is 0 Å². The molecular formula is C17H15NO3S. The predicted molar refractivity (Wildman–Crippen MR) is 86.6 cm³/mol. The van der Waals surface area contributed by atoms with Crippen molar-refractivity contribution in [2.75, 3.05) is 6.26 Å². The molecule has 0 atom stereocenters. The number of benzene rings is 2. The van der Waals surface area contributed by atoms with Gasteiger partial charge in [-0.15, -0.1) is 0 Å². The number of rotatable bonds is 3. The van der Waals surface area contributed by atoms with E-state index in [4.69, 9.17) is 5.21 Å². The van der Waals surface area contributed by atoms with E-state index in [9.17, 15) is 8.42 Å². The zero-order valence-electron chi connectivity index (χ0n) is 12.0. The highest BCUT2D eigenvalue weighted by atomic mass is 32.2. The second-order valence-corrected chi connectivity index (χ2v) is 7.26. The molecule has 4 nitrogen and oxygen atoms in total. The van der Waals surface area contributed by atoms with Crippen molar-refractivity contribution in [2.24, 2.45) is 5.16 Å². The Kier molecular flexibility index (Phi) is 3.58. The molecule has 0 unspecified atom stereocenters. The maximum atomic E-state index is 11.5. The molecule has 0 amide bonds. The number of nitrogens with zero attached hydrogens (tertiary/aromatic N) is 1. The maximum Gasteiger partial charge on any atom is 0.175 e. The van der Waals surface area contributed by atoms with E-state index < -0.39 is 9.84 Å². The molecule has 0 bridgehead atoms. The minimum atomic E-state index is -3.19. The van der Waals surface area contributed by atoms with E-state index in [0.717, 1.165) is 22.3 Å². The van der Waals surface area contributed by atoms with Crippen LogP contribution in [0.3, 0.4) is 0 Å². The van der Waals surface area contributed by atoms with E-state index in [1.165, 1.54) is 6.26 Å². The highest BCUT2D eigenvalue weighted by molar-refractivity contribution is 7.90. The van der Waals surface area contributed by atoms with Crippen molar-refractivity contribution >= 4 is 26.7 Å². The number of oxime groups is 1. The van der Waals surface area contributed by atoms with Crippen molar-refractivity contribution in [1.82, 2.24) is 0 Å². The molecule has 2 aromatic carbocycles.